The van der Waals surface area contributed by atoms with Gasteiger partial charge in [-0.25, -0.2) is 0 Å². The summed E-state index contributed by atoms with van der Waals surface area (Å²) in [5.74, 6) is 0.668. The number of hydrogen-bond donors (Lipinski definition) is 1. The van der Waals surface area contributed by atoms with Gasteiger partial charge in [0.2, 0.25) is 5.91 Å². The number of ether oxygens (including phenoxy) is 1. The normalized spacial score (nSPS) is 11.7. The van der Waals surface area contributed by atoms with Crippen molar-refractivity contribution in [2.75, 3.05) is 0 Å². The molecule has 0 aliphatic carbocycles. The molecule has 0 aliphatic heterocycles. The molecule has 0 saturated carbocycles. The first-order valence-electron chi connectivity index (χ1n) is 14.7. The second-order valence-electron chi connectivity index (χ2n) is 10.9. The van der Waals surface area contributed by atoms with Crippen molar-refractivity contribution in [2.45, 2.75) is 39.0 Å². The third-order valence-electron chi connectivity index (χ3n) is 7.83. The molecule has 0 saturated heterocycles. The van der Waals surface area contributed by atoms with Gasteiger partial charge in [-0.1, -0.05) is 90.5 Å². The molecule has 0 unspecified atom stereocenters. The highest BCUT2D eigenvalue weighted by Crippen LogP contribution is 2.36. The van der Waals surface area contributed by atoms with Crippen LogP contribution in [-0.4, -0.2) is 15.5 Å². The molecule has 4 aromatic carbocycles. The average Bonchev–Trinajstić information content (AvgIpc) is 3.42. The minimum atomic E-state index is -0.134. The van der Waals surface area contributed by atoms with Crippen molar-refractivity contribution in [3.05, 3.63) is 167 Å². The summed E-state index contributed by atoms with van der Waals surface area (Å²) in [6.45, 7) is 3.84. The van der Waals surface area contributed by atoms with Crippen molar-refractivity contribution in [1.29, 1.82) is 0 Å². The van der Waals surface area contributed by atoms with Crippen LogP contribution in [0.2, 0.25) is 0 Å². The molecule has 1 amide bonds. The molecule has 0 spiro atoms. The van der Waals surface area contributed by atoms with Gasteiger partial charge < -0.3 is 14.6 Å². The minimum Gasteiger partial charge on any atom is -0.489 e. The van der Waals surface area contributed by atoms with E-state index in [9.17, 15) is 4.79 Å². The van der Waals surface area contributed by atoms with E-state index < -0.39 is 0 Å². The predicted molar refractivity (Wildman–Crippen MR) is 172 cm³/mol. The summed E-state index contributed by atoms with van der Waals surface area (Å²) in [6, 6.07) is 39.3. The number of rotatable bonds is 11. The highest BCUT2D eigenvalue weighted by Gasteiger charge is 2.23. The summed E-state index contributed by atoms with van der Waals surface area (Å²) < 4.78 is 8.36. The summed E-state index contributed by atoms with van der Waals surface area (Å²) >= 11 is 0. The van der Waals surface area contributed by atoms with E-state index in [1.54, 1.807) is 12.4 Å². The third-order valence-corrected chi connectivity index (χ3v) is 7.83. The van der Waals surface area contributed by atoms with E-state index in [0.717, 1.165) is 45.5 Å². The van der Waals surface area contributed by atoms with Crippen molar-refractivity contribution in [2.24, 2.45) is 0 Å². The number of benzene rings is 4. The van der Waals surface area contributed by atoms with E-state index in [1.807, 2.05) is 42.5 Å². The van der Waals surface area contributed by atoms with Crippen LogP contribution < -0.4 is 10.1 Å². The quantitative estimate of drug-likeness (QED) is 0.174. The molecular weight excluding hydrogens is 530 g/mol. The summed E-state index contributed by atoms with van der Waals surface area (Å²) in [5.41, 5.74) is 8.00. The zero-order chi connectivity index (χ0) is 29.4. The first-order valence-corrected chi connectivity index (χ1v) is 14.7. The Morgan fingerprint density at radius 3 is 2.28 bits per heavy atom. The van der Waals surface area contributed by atoms with Gasteiger partial charge in [0.1, 0.15) is 12.4 Å². The number of para-hydroxylation sites is 1. The lowest BCUT2D eigenvalue weighted by molar-refractivity contribution is -0.121. The van der Waals surface area contributed by atoms with Gasteiger partial charge >= 0.3 is 0 Å². The lowest BCUT2D eigenvalue weighted by Crippen LogP contribution is -2.25. The number of aryl methyl sites for hydroxylation is 1. The number of pyridine rings is 1. The van der Waals surface area contributed by atoms with Crippen LogP contribution >= 0.6 is 0 Å². The topological polar surface area (TPSA) is 56.2 Å². The van der Waals surface area contributed by atoms with E-state index in [-0.39, 0.29) is 11.8 Å². The van der Waals surface area contributed by atoms with Crippen LogP contribution in [0.25, 0.3) is 10.9 Å². The van der Waals surface area contributed by atoms with Gasteiger partial charge in [-0.15, -0.1) is 0 Å². The van der Waals surface area contributed by atoms with Crippen molar-refractivity contribution in [3.63, 3.8) is 0 Å². The van der Waals surface area contributed by atoms with Gasteiger partial charge in [0, 0.05) is 54.9 Å². The van der Waals surface area contributed by atoms with Crippen LogP contribution in [0.1, 0.15) is 45.7 Å². The van der Waals surface area contributed by atoms with Crippen LogP contribution in [0.5, 0.6) is 5.75 Å². The Bertz CT molecular complexity index is 1780. The Balaban J connectivity index is 1.30. The molecule has 0 bridgehead atoms. The number of fused-ring (bicyclic) bond motifs is 1. The Morgan fingerprint density at radius 1 is 0.791 bits per heavy atom. The Kier molecular flexibility index (Phi) is 8.60. The highest BCUT2D eigenvalue weighted by molar-refractivity contribution is 5.87. The maximum Gasteiger partial charge on any atom is 0.221 e. The molecule has 2 heterocycles. The van der Waals surface area contributed by atoms with Gasteiger partial charge in [0.25, 0.3) is 0 Å². The zero-order valence-electron chi connectivity index (χ0n) is 24.3. The highest BCUT2D eigenvalue weighted by atomic mass is 16.5. The van der Waals surface area contributed by atoms with Gasteiger partial charge in [0.15, 0.2) is 0 Å². The standard InChI is InChI=1S/C38H35N3O2/c1-28-11-13-30(14-12-28)25-41-26-36(34-9-5-6-10-37(34)41)35(23-38(42)40-24-29-19-21-39-22-20-29)32-15-17-33(18-16-32)43-27-31-7-3-2-4-8-31/h2-22,26,35H,23-25,27H2,1H3,(H,40,42)/t35-/m0/s1. The zero-order valence-corrected chi connectivity index (χ0v) is 24.3. The third kappa shape index (κ3) is 7.02. The molecule has 2 aromatic heterocycles. The minimum absolute atomic E-state index is 0.00146. The lowest BCUT2D eigenvalue weighted by Gasteiger charge is -2.18. The molecule has 0 radical (unpaired) electrons. The number of hydrogen-bond acceptors (Lipinski definition) is 3. The van der Waals surface area contributed by atoms with E-state index in [0.29, 0.717) is 19.6 Å². The van der Waals surface area contributed by atoms with Crippen molar-refractivity contribution in [3.8, 4) is 5.75 Å². The second kappa shape index (κ2) is 13.2. The van der Waals surface area contributed by atoms with Crippen LogP contribution in [0, 0.1) is 6.92 Å². The Hall–Kier alpha value is -5.16. The van der Waals surface area contributed by atoms with Crippen LogP contribution in [0.3, 0.4) is 0 Å². The smallest absolute Gasteiger partial charge is 0.221 e. The van der Waals surface area contributed by atoms with Gasteiger partial charge in [-0.2, -0.15) is 0 Å². The van der Waals surface area contributed by atoms with E-state index in [2.05, 4.69) is 101 Å². The van der Waals surface area contributed by atoms with E-state index >= 15 is 0 Å². The first-order chi connectivity index (χ1) is 21.1. The molecule has 1 N–H and O–H groups in total. The molecule has 0 aliphatic rings. The fourth-order valence-corrected chi connectivity index (χ4v) is 5.48. The van der Waals surface area contributed by atoms with Crippen LogP contribution in [0.4, 0.5) is 0 Å². The Morgan fingerprint density at radius 2 is 1.51 bits per heavy atom. The Labute approximate surface area is 252 Å². The summed E-state index contributed by atoms with van der Waals surface area (Å²) in [4.78, 5) is 17.5. The molecule has 0 fully saturated rings. The van der Waals surface area contributed by atoms with Crippen molar-refractivity contribution < 1.29 is 9.53 Å². The number of amides is 1. The SMILES string of the molecule is Cc1ccc(Cn2cc([C@@H](CC(=O)NCc3ccncc3)c3ccc(OCc4ccccc4)cc3)c3ccccc32)cc1. The van der Waals surface area contributed by atoms with Gasteiger partial charge in [0.05, 0.1) is 0 Å². The maximum atomic E-state index is 13.4. The number of nitrogens with zero attached hydrogens (tertiary/aromatic N) is 2. The molecule has 43 heavy (non-hydrogen) atoms. The number of carbonyl (C=O) groups is 1. The molecule has 214 valence electrons. The number of carbonyl (C=O) groups excluding carboxylic acids is 1. The second-order valence-corrected chi connectivity index (χ2v) is 10.9. The average molecular weight is 566 g/mol. The van der Waals surface area contributed by atoms with Gasteiger partial charge in [-0.05, 0) is 65.1 Å². The fourth-order valence-electron chi connectivity index (χ4n) is 5.48. The van der Waals surface area contributed by atoms with Crippen LogP contribution in [-0.2, 0) is 24.5 Å². The molecule has 5 nitrogen and oxygen atoms in total. The monoisotopic (exact) mass is 565 g/mol. The number of nitrogens with one attached hydrogen (secondary N) is 1. The molecule has 6 rings (SSSR count). The lowest BCUT2D eigenvalue weighted by atomic mass is 9.88. The van der Waals surface area contributed by atoms with Crippen molar-refractivity contribution in [1.82, 2.24) is 14.9 Å². The van der Waals surface area contributed by atoms with Crippen molar-refractivity contribution >= 4 is 16.8 Å². The first kappa shape index (κ1) is 28.0. The number of aromatic nitrogens is 2. The molecule has 5 heteroatoms. The fraction of sp³-hybridized carbons (Fsp3) is 0.158. The molecular formula is C38H35N3O2. The summed E-state index contributed by atoms with van der Waals surface area (Å²) in [5, 5.41) is 4.28. The summed E-state index contributed by atoms with van der Waals surface area (Å²) in [7, 11) is 0. The largest absolute Gasteiger partial charge is 0.489 e. The molecule has 1 atom stereocenters. The molecule has 6 aromatic rings. The summed E-state index contributed by atoms with van der Waals surface area (Å²) in [6.07, 6.45) is 6.04. The maximum absolute atomic E-state index is 13.4. The van der Waals surface area contributed by atoms with Crippen LogP contribution in [0.15, 0.2) is 134 Å². The van der Waals surface area contributed by atoms with Gasteiger partial charge in [-0.3, -0.25) is 9.78 Å². The van der Waals surface area contributed by atoms with E-state index in [4.69, 9.17) is 4.74 Å². The predicted octanol–water partition coefficient (Wildman–Crippen LogP) is 7.81. The van der Waals surface area contributed by atoms with E-state index in [1.165, 1.54) is 11.1 Å².